The Labute approximate surface area is 233 Å². The van der Waals surface area contributed by atoms with E-state index in [-0.39, 0.29) is 0 Å². The number of halogens is 1. The monoisotopic (exact) mass is 542 g/mol. The van der Waals surface area contributed by atoms with Crippen LogP contribution in [0.15, 0.2) is 60.9 Å². The normalized spacial score (nSPS) is 11.7. The first-order valence-electron chi connectivity index (χ1n) is 13.5. The lowest BCUT2D eigenvalue weighted by Crippen LogP contribution is -2.14. The number of nitrogens with two attached hydrogens (primary N) is 1. The van der Waals surface area contributed by atoms with Crippen LogP contribution in [0, 0.1) is 11.8 Å². The molecule has 0 amide bonds. The van der Waals surface area contributed by atoms with E-state index in [9.17, 15) is 0 Å². The van der Waals surface area contributed by atoms with E-state index in [0.29, 0.717) is 30.1 Å². The van der Waals surface area contributed by atoms with Crippen LogP contribution >= 0.6 is 11.6 Å². The van der Waals surface area contributed by atoms with Gasteiger partial charge in [0, 0.05) is 25.5 Å². The highest BCUT2D eigenvalue weighted by atomic mass is 35.5. The average molecular weight is 543 g/mol. The third-order valence-corrected chi connectivity index (χ3v) is 6.57. The molecule has 0 atom stereocenters. The first kappa shape index (κ1) is 26.8. The van der Waals surface area contributed by atoms with Gasteiger partial charge < -0.3 is 11.1 Å². The predicted octanol–water partition coefficient (Wildman–Crippen LogP) is 6.19. The zero-order chi connectivity index (χ0) is 27.5. The molecule has 6 rings (SSSR count). The molecule has 0 bridgehead atoms. The van der Waals surface area contributed by atoms with Gasteiger partial charge in [0.05, 0.1) is 33.5 Å². The van der Waals surface area contributed by atoms with Gasteiger partial charge in [-0.05, 0) is 48.9 Å². The molecule has 0 fully saturated rings. The first-order valence-corrected chi connectivity index (χ1v) is 13.8. The average Bonchev–Trinajstić information content (AvgIpc) is 3.52. The van der Waals surface area contributed by atoms with Crippen LogP contribution < -0.4 is 11.1 Å². The van der Waals surface area contributed by atoms with Gasteiger partial charge in [0.2, 0.25) is 0 Å². The van der Waals surface area contributed by atoms with Gasteiger partial charge in [-0.2, -0.15) is 0 Å². The molecule has 0 aliphatic heterocycles. The molecule has 4 heterocycles. The van der Waals surface area contributed by atoms with Gasteiger partial charge in [0.15, 0.2) is 22.3 Å². The summed E-state index contributed by atoms with van der Waals surface area (Å²) in [6, 6.07) is 16.1. The Morgan fingerprint density at radius 3 is 1.82 bits per heavy atom. The molecule has 0 saturated carbocycles. The number of fused-ring (bicyclic) bond motifs is 6. The van der Waals surface area contributed by atoms with Gasteiger partial charge in [-0.1, -0.05) is 63.6 Å². The number of hydrogen-bond acceptors (Lipinski definition) is 6. The van der Waals surface area contributed by atoms with E-state index in [4.69, 9.17) is 22.3 Å². The summed E-state index contributed by atoms with van der Waals surface area (Å²) in [6.07, 6.45) is 6.09. The smallest absolute Gasteiger partial charge is 0.180 e. The molecule has 4 aromatic heterocycles. The van der Waals surface area contributed by atoms with Crippen molar-refractivity contribution in [1.82, 2.24) is 28.7 Å². The third-order valence-electron chi connectivity index (χ3n) is 6.31. The summed E-state index contributed by atoms with van der Waals surface area (Å²) >= 11 is 6.19. The molecule has 202 valence electrons. The van der Waals surface area contributed by atoms with Crippen molar-refractivity contribution in [3.63, 3.8) is 0 Å². The Kier molecular flexibility index (Phi) is 7.95. The summed E-state index contributed by atoms with van der Waals surface area (Å²) in [4.78, 5) is 18.4. The fourth-order valence-corrected chi connectivity index (χ4v) is 4.96. The molecular formula is C30H35ClN8. The molecule has 0 unspecified atom stereocenters. The van der Waals surface area contributed by atoms with Crippen LogP contribution in [0.1, 0.15) is 39.1 Å². The summed E-state index contributed by atoms with van der Waals surface area (Å²) in [7, 11) is 0. The number of nitrogens with one attached hydrogen (secondary N) is 1. The van der Waals surface area contributed by atoms with Crippen LogP contribution in [0.4, 0.5) is 5.82 Å². The molecule has 3 N–H and O–H groups in total. The number of aromatic nitrogens is 6. The number of benzene rings is 2. The second-order valence-electron chi connectivity index (χ2n) is 10.6. The maximum absolute atomic E-state index is 6.19. The zero-order valence-corrected chi connectivity index (χ0v) is 23.7. The second kappa shape index (κ2) is 11.6. The summed E-state index contributed by atoms with van der Waals surface area (Å²) in [6.45, 7) is 10.0. The van der Waals surface area contributed by atoms with E-state index in [1.54, 1.807) is 0 Å². The van der Waals surface area contributed by atoms with Crippen molar-refractivity contribution in [3.05, 3.63) is 77.5 Å². The molecule has 9 heteroatoms. The molecule has 2 aromatic carbocycles. The fraction of sp³-hybridized carbons (Fsp3) is 0.333. The van der Waals surface area contributed by atoms with Crippen molar-refractivity contribution in [2.45, 2.75) is 40.5 Å². The van der Waals surface area contributed by atoms with E-state index in [2.05, 4.69) is 70.8 Å². The molecule has 0 spiro atoms. The van der Waals surface area contributed by atoms with E-state index >= 15 is 0 Å². The maximum atomic E-state index is 6.19. The minimum Gasteiger partial charge on any atom is -0.366 e. The van der Waals surface area contributed by atoms with Crippen molar-refractivity contribution in [1.29, 1.82) is 0 Å². The fourth-order valence-electron chi connectivity index (χ4n) is 4.73. The topological polar surface area (TPSA) is 98.4 Å². The van der Waals surface area contributed by atoms with Crippen molar-refractivity contribution < 1.29 is 0 Å². The lowest BCUT2D eigenvalue weighted by molar-refractivity contribution is 0.638. The molecule has 6 aromatic rings. The molecule has 0 radical (unpaired) electrons. The Morgan fingerprint density at radius 1 is 0.744 bits per heavy atom. The van der Waals surface area contributed by atoms with Crippen LogP contribution in [-0.4, -0.2) is 41.8 Å². The largest absolute Gasteiger partial charge is 0.366 e. The SMILES string of the molecule is CC(C)Cc1cn2c(n1)c(Cl)nc1ccccc12.CC(C)Cc1cn2c(n1)c(NCCN)nc1ccccc12. The van der Waals surface area contributed by atoms with Crippen LogP contribution in [0.5, 0.6) is 0 Å². The number of para-hydroxylation sites is 4. The van der Waals surface area contributed by atoms with E-state index in [0.717, 1.165) is 63.4 Å². The maximum Gasteiger partial charge on any atom is 0.180 e. The minimum atomic E-state index is 0.462. The quantitative estimate of drug-likeness (QED) is 0.250. The molecular weight excluding hydrogens is 508 g/mol. The van der Waals surface area contributed by atoms with Crippen LogP contribution in [0.25, 0.3) is 33.4 Å². The lowest BCUT2D eigenvalue weighted by atomic mass is 10.1. The number of imidazole rings is 2. The molecule has 8 nitrogen and oxygen atoms in total. The number of rotatable bonds is 7. The van der Waals surface area contributed by atoms with E-state index in [1.807, 2.05) is 46.9 Å². The summed E-state index contributed by atoms with van der Waals surface area (Å²) in [5.41, 5.74) is 13.3. The molecule has 0 aliphatic carbocycles. The Balaban J connectivity index is 0.000000160. The Bertz CT molecular complexity index is 1730. The van der Waals surface area contributed by atoms with Gasteiger partial charge in [0.1, 0.15) is 0 Å². The van der Waals surface area contributed by atoms with Crippen molar-refractivity contribution in [2.24, 2.45) is 17.6 Å². The molecule has 0 saturated heterocycles. The first-order chi connectivity index (χ1) is 18.8. The molecule has 39 heavy (non-hydrogen) atoms. The lowest BCUT2D eigenvalue weighted by Gasteiger charge is -2.08. The van der Waals surface area contributed by atoms with Crippen molar-refractivity contribution in [3.8, 4) is 0 Å². The van der Waals surface area contributed by atoms with Gasteiger partial charge in [0.25, 0.3) is 0 Å². The van der Waals surface area contributed by atoms with Gasteiger partial charge >= 0.3 is 0 Å². The van der Waals surface area contributed by atoms with Crippen LogP contribution in [-0.2, 0) is 12.8 Å². The van der Waals surface area contributed by atoms with Gasteiger partial charge in [-0.3, -0.25) is 8.80 Å². The van der Waals surface area contributed by atoms with Crippen molar-refractivity contribution >= 4 is 50.8 Å². The standard InChI is InChI=1S/C16H21N5.C14H14ClN3/c1-11(2)9-12-10-21-14-6-4-3-5-13(14)20-15(16(21)19-12)18-8-7-17;1-9(2)7-10-8-18-12-6-4-3-5-11(12)17-13(15)14(18)16-10/h3-6,10-11H,7-9,17H2,1-2H3,(H,18,20);3-6,8-9H,7H2,1-2H3. The number of hydrogen-bond donors (Lipinski definition) is 2. The summed E-state index contributed by atoms with van der Waals surface area (Å²) in [5, 5.41) is 3.74. The Morgan fingerprint density at radius 2 is 1.26 bits per heavy atom. The highest BCUT2D eigenvalue weighted by Gasteiger charge is 2.13. The zero-order valence-electron chi connectivity index (χ0n) is 22.9. The number of nitrogens with zero attached hydrogens (tertiary/aromatic N) is 6. The Hall–Kier alpha value is -3.75. The van der Waals surface area contributed by atoms with E-state index < -0.39 is 0 Å². The van der Waals surface area contributed by atoms with Gasteiger partial charge in [-0.15, -0.1) is 0 Å². The van der Waals surface area contributed by atoms with E-state index in [1.165, 1.54) is 0 Å². The second-order valence-corrected chi connectivity index (χ2v) is 11.0. The highest BCUT2D eigenvalue weighted by molar-refractivity contribution is 6.32. The van der Waals surface area contributed by atoms with Gasteiger partial charge in [-0.25, -0.2) is 19.9 Å². The predicted molar refractivity (Wildman–Crippen MR) is 161 cm³/mol. The summed E-state index contributed by atoms with van der Waals surface area (Å²) in [5.74, 6) is 1.96. The highest BCUT2D eigenvalue weighted by Crippen LogP contribution is 2.24. The van der Waals surface area contributed by atoms with Crippen LogP contribution in [0.3, 0.4) is 0 Å². The van der Waals surface area contributed by atoms with Crippen LogP contribution in [0.2, 0.25) is 5.15 Å². The minimum absolute atomic E-state index is 0.462. The number of anilines is 1. The molecule has 0 aliphatic rings. The van der Waals surface area contributed by atoms with Crippen molar-refractivity contribution in [2.75, 3.05) is 18.4 Å². The third kappa shape index (κ3) is 5.82. The summed E-state index contributed by atoms with van der Waals surface area (Å²) < 4.78 is 4.15.